The number of hydrogen-bond acceptors (Lipinski definition) is 7. The number of carbonyl (C=O) groups is 1. The van der Waals surface area contributed by atoms with Crippen LogP contribution in [-0.2, 0) is 18.3 Å². The number of rotatable bonds is 6. The number of hydrogen-bond donors (Lipinski definition) is 0. The summed E-state index contributed by atoms with van der Waals surface area (Å²) in [7, 11) is 1.58. The van der Waals surface area contributed by atoms with Crippen molar-refractivity contribution in [3.05, 3.63) is 40.2 Å². The van der Waals surface area contributed by atoms with E-state index in [1.807, 2.05) is 4.57 Å². The Hall–Kier alpha value is -3.80. The first-order valence-corrected chi connectivity index (χ1v) is 11.1. The van der Waals surface area contributed by atoms with Crippen LogP contribution in [0.5, 0.6) is 11.8 Å². The van der Waals surface area contributed by atoms with Crippen molar-refractivity contribution in [3.8, 4) is 23.6 Å². The molecule has 1 fully saturated rings. The Labute approximate surface area is 192 Å². The van der Waals surface area contributed by atoms with E-state index in [0.29, 0.717) is 23.7 Å². The Morgan fingerprint density at radius 3 is 2.64 bits per heavy atom. The number of benzene rings is 1. The Morgan fingerprint density at radius 1 is 1.15 bits per heavy atom. The standard InChI is InChI=1S/C24H27N5O4/c1-4-6-16-29-19-20(25-23(29)28-14-10-7-11-15-28)26-24(27(3)21(19)30)33-18-13-9-8-12-17(18)22(31)32-5-2/h8-9,12-13H,5,7,10-11,14-16H2,1-3H3. The van der Waals surface area contributed by atoms with Crippen LogP contribution in [0, 0.1) is 11.8 Å². The second kappa shape index (κ2) is 9.77. The minimum Gasteiger partial charge on any atom is -0.462 e. The summed E-state index contributed by atoms with van der Waals surface area (Å²) in [6, 6.07) is 6.74. The van der Waals surface area contributed by atoms with Gasteiger partial charge in [0.15, 0.2) is 11.2 Å². The summed E-state index contributed by atoms with van der Waals surface area (Å²) in [6.45, 7) is 5.84. The number of piperidine rings is 1. The van der Waals surface area contributed by atoms with Crippen LogP contribution in [0.4, 0.5) is 5.95 Å². The number of esters is 1. The molecule has 0 atom stereocenters. The Bertz CT molecular complexity index is 1290. The van der Waals surface area contributed by atoms with Gasteiger partial charge in [-0.25, -0.2) is 4.79 Å². The molecule has 33 heavy (non-hydrogen) atoms. The fraction of sp³-hybridized carbons (Fsp3) is 0.417. The van der Waals surface area contributed by atoms with Crippen LogP contribution in [-0.4, -0.2) is 44.8 Å². The molecule has 4 rings (SSSR count). The lowest BCUT2D eigenvalue weighted by atomic mass is 10.1. The summed E-state index contributed by atoms with van der Waals surface area (Å²) < 4.78 is 14.2. The average Bonchev–Trinajstić information content (AvgIpc) is 3.20. The molecule has 2 aromatic heterocycles. The molecular weight excluding hydrogens is 422 g/mol. The fourth-order valence-corrected chi connectivity index (χ4v) is 3.90. The number of nitrogens with zero attached hydrogens (tertiary/aromatic N) is 5. The first-order valence-electron chi connectivity index (χ1n) is 11.1. The number of ether oxygens (including phenoxy) is 2. The molecule has 0 bridgehead atoms. The first-order chi connectivity index (χ1) is 16.0. The molecule has 0 radical (unpaired) electrons. The van der Waals surface area contributed by atoms with Gasteiger partial charge in [-0.15, -0.1) is 5.92 Å². The van der Waals surface area contributed by atoms with Crippen LogP contribution in [0.2, 0.25) is 0 Å². The maximum absolute atomic E-state index is 13.4. The van der Waals surface area contributed by atoms with Gasteiger partial charge in [0.25, 0.3) is 5.56 Å². The van der Waals surface area contributed by atoms with Gasteiger partial charge in [0.2, 0.25) is 5.95 Å². The summed E-state index contributed by atoms with van der Waals surface area (Å²) in [5, 5.41) is 0. The third kappa shape index (κ3) is 4.42. The molecule has 3 aromatic rings. The van der Waals surface area contributed by atoms with Gasteiger partial charge in [-0.05, 0) is 45.2 Å². The van der Waals surface area contributed by atoms with Crippen molar-refractivity contribution in [1.82, 2.24) is 19.1 Å². The van der Waals surface area contributed by atoms with E-state index in [0.717, 1.165) is 25.9 Å². The number of fused-ring (bicyclic) bond motifs is 1. The van der Waals surface area contributed by atoms with Gasteiger partial charge in [0, 0.05) is 20.1 Å². The van der Waals surface area contributed by atoms with Crippen LogP contribution in [0.15, 0.2) is 29.1 Å². The second-order valence-corrected chi connectivity index (χ2v) is 7.72. The highest BCUT2D eigenvalue weighted by atomic mass is 16.5. The summed E-state index contributed by atoms with van der Waals surface area (Å²) >= 11 is 0. The largest absolute Gasteiger partial charge is 0.462 e. The minimum absolute atomic E-state index is 0.0423. The highest BCUT2D eigenvalue weighted by Gasteiger charge is 2.24. The van der Waals surface area contributed by atoms with Crippen molar-refractivity contribution in [2.75, 3.05) is 24.6 Å². The molecule has 1 aliphatic rings. The van der Waals surface area contributed by atoms with Gasteiger partial charge < -0.3 is 14.4 Å². The van der Waals surface area contributed by atoms with E-state index in [9.17, 15) is 9.59 Å². The van der Waals surface area contributed by atoms with Crippen LogP contribution in [0.3, 0.4) is 0 Å². The van der Waals surface area contributed by atoms with Gasteiger partial charge in [-0.3, -0.25) is 13.9 Å². The predicted octanol–water partition coefficient (Wildman–Crippen LogP) is 3.11. The number of anilines is 1. The smallest absolute Gasteiger partial charge is 0.341 e. The van der Waals surface area contributed by atoms with Gasteiger partial charge in [-0.2, -0.15) is 9.97 Å². The van der Waals surface area contributed by atoms with E-state index in [1.54, 1.807) is 45.2 Å². The quantitative estimate of drug-likeness (QED) is 0.422. The molecular formula is C24H27N5O4. The molecule has 1 saturated heterocycles. The van der Waals surface area contributed by atoms with Crippen LogP contribution in [0.1, 0.15) is 43.5 Å². The zero-order valence-electron chi connectivity index (χ0n) is 19.1. The van der Waals surface area contributed by atoms with E-state index in [-0.39, 0.29) is 29.5 Å². The highest BCUT2D eigenvalue weighted by Crippen LogP contribution is 2.27. The third-order valence-corrected chi connectivity index (χ3v) is 5.56. The Morgan fingerprint density at radius 2 is 1.91 bits per heavy atom. The molecule has 3 heterocycles. The van der Waals surface area contributed by atoms with Crippen molar-refractivity contribution in [2.24, 2.45) is 7.05 Å². The van der Waals surface area contributed by atoms with E-state index in [1.165, 1.54) is 11.0 Å². The number of imidazole rings is 1. The maximum Gasteiger partial charge on any atom is 0.341 e. The van der Waals surface area contributed by atoms with Crippen LogP contribution in [0.25, 0.3) is 11.2 Å². The van der Waals surface area contributed by atoms with Crippen molar-refractivity contribution >= 4 is 23.1 Å². The van der Waals surface area contributed by atoms with E-state index >= 15 is 0 Å². The van der Waals surface area contributed by atoms with Gasteiger partial charge in [0.05, 0.1) is 13.2 Å². The van der Waals surface area contributed by atoms with Crippen LogP contribution < -0.4 is 15.2 Å². The highest BCUT2D eigenvalue weighted by molar-refractivity contribution is 5.92. The average molecular weight is 450 g/mol. The molecule has 172 valence electrons. The lowest BCUT2D eigenvalue weighted by molar-refractivity contribution is 0.0523. The molecule has 9 nitrogen and oxygen atoms in total. The minimum atomic E-state index is -0.506. The Balaban J connectivity index is 1.81. The molecule has 1 aliphatic heterocycles. The van der Waals surface area contributed by atoms with Crippen molar-refractivity contribution in [2.45, 2.75) is 39.7 Å². The number of carbonyl (C=O) groups excluding carboxylic acids is 1. The van der Waals surface area contributed by atoms with E-state index in [2.05, 4.69) is 21.7 Å². The molecule has 0 aliphatic carbocycles. The molecule has 0 unspecified atom stereocenters. The van der Waals surface area contributed by atoms with Gasteiger partial charge in [0.1, 0.15) is 11.3 Å². The van der Waals surface area contributed by atoms with E-state index in [4.69, 9.17) is 14.5 Å². The number of para-hydroxylation sites is 1. The molecule has 0 spiro atoms. The lowest BCUT2D eigenvalue weighted by Gasteiger charge is -2.27. The molecule has 1 aromatic carbocycles. The summed E-state index contributed by atoms with van der Waals surface area (Å²) in [5.74, 6) is 6.38. The molecule has 0 amide bonds. The Kier molecular flexibility index (Phi) is 6.63. The normalized spacial score (nSPS) is 13.5. The van der Waals surface area contributed by atoms with Gasteiger partial charge >= 0.3 is 12.0 Å². The van der Waals surface area contributed by atoms with Crippen molar-refractivity contribution in [3.63, 3.8) is 0 Å². The lowest BCUT2D eigenvalue weighted by Crippen LogP contribution is -2.32. The number of aromatic nitrogens is 4. The van der Waals surface area contributed by atoms with Crippen molar-refractivity contribution in [1.29, 1.82) is 0 Å². The topological polar surface area (TPSA) is 91.5 Å². The second-order valence-electron chi connectivity index (χ2n) is 7.72. The van der Waals surface area contributed by atoms with Gasteiger partial charge in [-0.1, -0.05) is 18.1 Å². The monoisotopic (exact) mass is 449 g/mol. The molecule has 0 N–H and O–H groups in total. The first kappa shape index (κ1) is 22.4. The summed E-state index contributed by atoms with van der Waals surface area (Å²) in [6.07, 6.45) is 3.34. The SMILES string of the molecule is CC#CCn1c(N2CCCCC2)nc2nc(Oc3ccccc3C(=O)OCC)n(C)c(=O)c21. The zero-order chi connectivity index (χ0) is 23.4. The summed E-state index contributed by atoms with van der Waals surface area (Å²) in [4.78, 5) is 37.1. The van der Waals surface area contributed by atoms with Crippen molar-refractivity contribution < 1.29 is 14.3 Å². The third-order valence-electron chi connectivity index (χ3n) is 5.56. The summed E-state index contributed by atoms with van der Waals surface area (Å²) in [5.41, 5.74) is 0.635. The van der Waals surface area contributed by atoms with Crippen LogP contribution >= 0.6 is 0 Å². The van der Waals surface area contributed by atoms with E-state index < -0.39 is 5.97 Å². The molecule has 0 saturated carbocycles. The molecule has 9 heteroatoms. The fourth-order valence-electron chi connectivity index (χ4n) is 3.90. The predicted molar refractivity (Wildman–Crippen MR) is 125 cm³/mol. The zero-order valence-corrected chi connectivity index (χ0v) is 19.1. The maximum atomic E-state index is 13.4.